The average Bonchev–Trinajstić information content (AvgIpc) is 2.85. The van der Waals surface area contributed by atoms with Crippen molar-refractivity contribution in [2.75, 3.05) is 0 Å². The van der Waals surface area contributed by atoms with Gasteiger partial charge in [-0.05, 0) is 40.2 Å². The minimum absolute atomic E-state index is 0.0975. The normalized spacial score (nSPS) is 10.2. The van der Waals surface area contributed by atoms with E-state index in [9.17, 15) is 9.59 Å². The SMILES string of the molecule is O=C(NCc1ccc(C(=O)O)o1)c1cccc(Br)n1. The van der Waals surface area contributed by atoms with Gasteiger partial charge in [-0.25, -0.2) is 9.78 Å². The Morgan fingerprint density at radius 1 is 1.32 bits per heavy atom. The predicted molar refractivity (Wildman–Crippen MR) is 68.8 cm³/mol. The molecule has 0 aliphatic heterocycles. The summed E-state index contributed by atoms with van der Waals surface area (Å²) in [5.74, 6) is -1.31. The second-order valence-corrected chi connectivity index (χ2v) is 4.41. The number of carboxylic acid groups (broad SMARTS) is 1. The van der Waals surface area contributed by atoms with Crippen LogP contribution < -0.4 is 5.32 Å². The van der Waals surface area contributed by atoms with E-state index in [4.69, 9.17) is 9.52 Å². The highest BCUT2D eigenvalue weighted by Crippen LogP contribution is 2.09. The lowest BCUT2D eigenvalue weighted by molar-refractivity contribution is 0.0660. The fourth-order valence-electron chi connectivity index (χ4n) is 1.38. The molecule has 0 aliphatic carbocycles. The van der Waals surface area contributed by atoms with E-state index in [0.29, 0.717) is 10.4 Å². The number of rotatable bonds is 4. The molecular weight excluding hydrogens is 316 g/mol. The molecule has 0 unspecified atom stereocenters. The van der Waals surface area contributed by atoms with Gasteiger partial charge in [0.2, 0.25) is 5.76 Å². The van der Waals surface area contributed by atoms with E-state index in [-0.39, 0.29) is 23.9 Å². The molecule has 2 rings (SSSR count). The Morgan fingerprint density at radius 3 is 2.74 bits per heavy atom. The monoisotopic (exact) mass is 324 g/mol. The molecule has 7 heteroatoms. The number of nitrogens with one attached hydrogen (secondary N) is 1. The molecule has 6 nitrogen and oxygen atoms in total. The van der Waals surface area contributed by atoms with Gasteiger partial charge < -0.3 is 14.8 Å². The van der Waals surface area contributed by atoms with E-state index >= 15 is 0 Å². The first-order chi connectivity index (χ1) is 9.06. The Bertz CT molecular complexity index is 624. The van der Waals surface area contributed by atoms with Crippen molar-refractivity contribution in [3.05, 3.63) is 52.1 Å². The summed E-state index contributed by atoms with van der Waals surface area (Å²) in [5, 5.41) is 11.3. The van der Waals surface area contributed by atoms with Crippen LogP contribution in [0.4, 0.5) is 0 Å². The molecule has 2 aromatic rings. The molecule has 0 atom stereocenters. The Balaban J connectivity index is 1.98. The van der Waals surface area contributed by atoms with Crippen LogP contribution in [0.25, 0.3) is 0 Å². The zero-order valence-electron chi connectivity index (χ0n) is 9.59. The number of carbonyl (C=O) groups is 2. The number of hydrogen-bond donors (Lipinski definition) is 2. The molecule has 2 heterocycles. The van der Waals surface area contributed by atoms with Gasteiger partial charge in [-0.3, -0.25) is 4.79 Å². The number of carboxylic acids is 1. The van der Waals surface area contributed by atoms with Crippen LogP contribution >= 0.6 is 15.9 Å². The van der Waals surface area contributed by atoms with Crippen LogP contribution in [0.5, 0.6) is 0 Å². The lowest BCUT2D eigenvalue weighted by Crippen LogP contribution is -2.23. The summed E-state index contributed by atoms with van der Waals surface area (Å²) in [6, 6.07) is 7.81. The van der Waals surface area contributed by atoms with Gasteiger partial charge in [0, 0.05) is 0 Å². The highest BCUT2D eigenvalue weighted by atomic mass is 79.9. The minimum atomic E-state index is -1.15. The van der Waals surface area contributed by atoms with Crippen LogP contribution in [-0.2, 0) is 6.54 Å². The van der Waals surface area contributed by atoms with Crippen molar-refractivity contribution < 1.29 is 19.1 Å². The van der Waals surface area contributed by atoms with Gasteiger partial charge in [-0.15, -0.1) is 0 Å². The Kier molecular flexibility index (Phi) is 3.96. The quantitative estimate of drug-likeness (QED) is 0.840. The summed E-state index contributed by atoms with van der Waals surface area (Å²) < 4.78 is 5.57. The molecule has 0 saturated carbocycles. The average molecular weight is 325 g/mol. The van der Waals surface area contributed by atoms with E-state index in [1.807, 2.05) is 0 Å². The number of aromatic carboxylic acids is 1. The number of furan rings is 1. The molecule has 19 heavy (non-hydrogen) atoms. The summed E-state index contributed by atoms with van der Waals surface area (Å²) in [6.07, 6.45) is 0. The molecular formula is C12H9BrN2O4. The second-order valence-electron chi connectivity index (χ2n) is 3.60. The van der Waals surface area contributed by atoms with Gasteiger partial charge in [0.25, 0.3) is 5.91 Å². The number of halogens is 1. The molecule has 98 valence electrons. The molecule has 0 aromatic carbocycles. The van der Waals surface area contributed by atoms with Gasteiger partial charge in [0.15, 0.2) is 0 Å². The molecule has 0 saturated heterocycles. The van der Waals surface area contributed by atoms with Gasteiger partial charge in [-0.1, -0.05) is 6.07 Å². The fraction of sp³-hybridized carbons (Fsp3) is 0.0833. The molecule has 0 bridgehead atoms. The molecule has 1 amide bonds. The van der Waals surface area contributed by atoms with E-state index in [1.54, 1.807) is 18.2 Å². The zero-order chi connectivity index (χ0) is 13.8. The van der Waals surface area contributed by atoms with Crippen molar-refractivity contribution in [1.29, 1.82) is 0 Å². The summed E-state index contributed by atoms with van der Waals surface area (Å²) in [7, 11) is 0. The molecule has 0 spiro atoms. The first-order valence-corrected chi connectivity index (χ1v) is 6.08. The molecule has 2 N–H and O–H groups in total. The number of carbonyl (C=O) groups excluding carboxylic acids is 1. The van der Waals surface area contributed by atoms with Crippen molar-refractivity contribution in [2.45, 2.75) is 6.54 Å². The molecule has 0 aliphatic rings. The highest BCUT2D eigenvalue weighted by molar-refractivity contribution is 9.10. The summed E-state index contributed by atoms with van der Waals surface area (Å²) in [4.78, 5) is 26.4. The van der Waals surface area contributed by atoms with Gasteiger partial charge >= 0.3 is 5.97 Å². The van der Waals surface area contributed by atoms with Crippen LogP contribution in [0.1, 0.15) is 26.8 Å². The fourth-order valence-corrected chi connectivity index (χ4v) is 1.72. The lowest BCUT2D eigenvalue weighted by Gasteiger charge is -2.02. The zero-order valence-corrected chi connectivity index (χ0v) is 11.2. The molecule has 0 fully saturated rings. The Labute approximate surface area is 116 Å². The second kappa shape index (κ2) is 5.66. The number of nitrogens with zero attached hydrogens (tertiary/aromatic N) is 1. The Morgan fingerprint density at radius 2 is 2.11 bits per heavy atom. The lowest BCUT2D eigenvalue weighted by atomic mass is 10.3. The predicted octanol–water partition coefficient (Wildman–Crippen LogP) is 2.07. The van der Waals surface area contributed by atoms with Crippen LogP contribution in [0.15, 0.2) is 39.4 Å². The van der Waals surface area contributed by atoms with Gasteiger partial charge in [0.1, 0.15) is 16.1 Å². The number of aromatic nitrogens is 1. The van der Waals surface area contributed by atoms with Crippen molar-refractivity contribution in [1.82, 2.24) is 10.3 Å². The van der Waals surface area contributed by atoms with Crippen molar-refractivity contribution in [2.24, 2.45) is 0 Å². The Hall–Kier alpha value is -2.15. The summed E-state index contributed by atoms with van der Waals surface area (Å²) >= 11 is 3.17. The maximum Gasteiger partial charge on any atom is 0.371 e. The first kappa shape index (κ1) is 13.3. The van der Waals surface area contributed by atoms with E-state index in [0.717, 1.165) is 0 Å². The highest BCUT2D eigenvalue weighted by Gasteiger charge is 2.11. The number of amides is 1. The first-order valence-electron chi connectivity index (χ1n) is 5.29. The maximum absolute atomic E-state index is 11.8. The van der Waals surface area contributed by atoms with Gasteiger partial charge in [-0.2, -0.15) is 0 Å². The summed E-state index contributed by atoms with van der Waals surface area (Å²) in [5.41, 5.74) is 0.263. The smallest absolute Gasteiger partial charge is 0.371 e. The van der Waals surface area contributed by atoms with Crippen LogP contribution in [0, 0.1) is 0 Å². The molecule has 2 aromatic heterocycles. The maximum atomic E-state index is 11.8. The third-order valence-electron chi connectivity index (χ3n) is 2.24. The largest absolute Gasteiger partial charge is 0.475 e. The number of hydrogen-bond acceptors (Lipinski definition) is 4. The topological polar surface area (TPSA) is 92.4 Å². The standard InChI is InChI=1S/C12H9BrN2O4/c13-10-3-1-2-8(15-10)11(16)14-6-7-4-5-9(19-7)12(17)18/h1-5H,6H2,(H,14,16)(H,17,18). The van der Waals surface area contributed by atoms with E-state index < -0.39 is 5.97 Å². The van der Waals surface area contributed by atoms with Crippen LogP contribution in [-0.4, -0.2) is 22.0 Å². The van der Waals surface area contributed by atoms with Crippen LogP contribution in [0.2, 0.25) is 0 Å². The van der Waals surface area contributed by atoms with Gasteiger partial charge in [0.05, 0.1) is 6.54 Å². The van der Waals surface area contributed by atoms with E-state index in [2.05, 4.69) is 26.2 Å². The minimum Gasteiger partial charge on any atom is -0.475 e. The van der Waals surface area contributed by atoms with Crippen molar-refractivity contribution in [3.8, 4) is 0 Å². The van der Waals surface area contributed by atoms with Crippen molar-refractivity contribution in [3.63, 3.8) is 0 Å². The van der Waals surface area contributed by atoms with Crippen molar-refractivity contribution >= 4 is 27.8 Å². The summed E-state index contributed by atoms with van der Waals surface area (Å²) in [6.45, 7) is 0.0975. The van der Waals surface area contributed by atoms with Crippen LogP contribution in [0.3, 0.4) is 0 Å². The third kappa shape index (κ3) is 3.41. The molecule has 0 radical (unpaired) electrons. The van der Waals surface area contributed by atoms with E-state index in [1.165, 1.54) is 12.1 Å². The third-order valence-corrected chi connectivity index (χ3v) is 2.69. The number of pyridine rings is 1.